The van der Waals surface area contributed by atoms with E-state index in [9.17, 15) is 4.79 Å². The average molecular weight is 189 g/mol. The van der Waals surface area contributed by atoms with Gasteiger partial charge in [-0.05, 0) is 24.8 Å². The van der Waals surface area contributed by atoms with E-state index in [-0.39, 0.29) is 11.5 Å². The number of fused-ring (bicyclic) bond motifs is 1. The fourth-order valence-electron chi connectivity index (χ4n) is 1.77. The van der Waals surface area contributed by atoms with E-state index >= 15 is 0 Å². The summed E-state index contributed by atoms with van der Waals surface area (Å²) in [5.41, 5.74) is 2.00. The second-order valence-corrected chi connectivity index (χ2v) is 3.39. The highest BCUT2D eigenvalue weighted by atomic mass is 16.4. The second kappa shape index (κ2) is 3.62. The Labute approximate surface area is 82.1 Å². The third-order valence-electron chi connectivity index (χ3n) is 2.50. The molecule has 1 aromatic rings. The molecule has 0 unspecified atom stereocenters. The van der Waals surface area contributed by atoms with Gasteiger partial charge < -0.3 is 5.21 Å². The molecule has 14 heavy (non-hydrogen) atoms. The molecule has 1 aromatic carbocycles. The molecule has 1 aliphatic carbocycles. The number of carbonyl (C=O) groups excluding carboxylic acids is 1. The van der Waals surface area contributed by atoms with Crippen LogP contribution in [-0.4, -0.2) is 16.7 Å². The normalized spacial score (nSPS) is 19.1. The van der Waals surface area contributed by atoms with Crippen LogP contribution in [0.1, 0.15) is 28.8 Å². The SMILES string of the molecule is O=C1/C(=N/O)CCCc2ccccc21. The van der Waals surface area contributed by atoms with Gasteiger partial charge in [-0.1, -0.05) is 29.4 Å². The topological polar surface area (TPSA) is 49.7 Å². The molecule has 0 aromatic heterocycles. The Balaban J connectivity index is 2.50. The lowest BCUT2D eigenvalue weighted by Crippen LogP contribution is -2.13. The van der Waals surface area contributed by atoms with Gasteiger partial charge in [-0.2, -0.15) is 0 Å². The third kappa shape index (κ3) is 1.41. The van der Waals surface area contributed by atoms with Gasteiger partial charge in [-0.25, -0.2) is 0 Å². The van der Waals surface area contributed by atoms with Crippen molar-refractivity contribution in [2.45, 2.75) is 19.3 Å². The van der Waals surface area contributed by atoms with E-state index in [0.29, 0.717) is 12.0 Å². The highest BCUT2D eigenvalue weighted by molar-refractivity contribution is 6.46. The van der Waals surface area contributed by atoms with E-state index in [1.54, 1.807) is 6.07 Å². The van der Waals surface area contributed by atoms with Crippen molar-refractivity contribution in [3.05, 3.63) is 35.4 Å². The van der Waals surface area contributed by atoms with Crippen LogP contribution in [0.4, 0.5) is 0 Å². The van der Waals surface area contributed by atoms with Gasteiger partial charge in [0.15, 0.2) is 0 Å². The Morgan fingerprint density at radius 3 is 2.79 bits per heavy atom. The van der Waals surface area contributed by atoms with Crippen molar-refractivity contribution >= 4 is 11.5 Å². The standard InChI is InChI=1S/C11H11NO2/c13-11-9-6-2-1-4-8(9)5-3-7-10(11)12-14/h1-2,4,6,14H,3,5,7H2/b12-10+. The first kappa shape index (κ1) is 8.94. The molecule has 0 aliphatic heterocycles. The van der Waals surface area contributed by atoms with Crippen LogP contribution in [0.5, 0.6) is 0 Å². The number of oxime groups is 1. The summed E-state index contributed by atoms with van der Waals surface area (Å²) in [4.78, 5) is 11.8. The Hall–Kier alpha value is -1.64. The van der Waals surface area contributed by atoms with Crippen LogP contribution in [0.3, 0.4) is 0 Å². The minimum atomic E-state index is -0.138. The summed E-state index contributed by atoms with van der Waals surface area (Å²) >= 11 is 0. The van der Waals surface area contributed by atoms with Gasteiger partial charge in [-0.15, -0.1) is 0 Å². The summed E-state index contributed by atoms with van der Waals surface area (Å²) in [7, 11) is 0. The molecular formula is C11H11NO2. The highest BCUT2D eigenvalue weighted by Crippen LogP contribution is 2.18. The smallest absolute Gasteiger partial charge is 0.210 e. The number of nitrogens with zero attached hydrogens (tertiary/aromatic N) is 1. The number of aryl methyl sites for hydroxylation is 1. The van der Waals surface area contributed by atoms with E-state index < -0.39 is 0 Å². The number of hydrogen-bond donors (Lipinski definition) is 1. The highest BCUT2D eigenvalue weighted by Gasteiger charge is 2.20. The van der Waals surface area contributed by atoms with Crippen LogP contribution in [0.2, 0.25) is 0 Å². The molecule has 0 fully saturated rings. The minimum Gasteiger partial charge on any atom is -0.411 e. The van der Waals surface area contributed by atoms with Crippen LogP contribution in [0.25, 0.3) is 0 Å². The van der Waals surface area contributed by atoms with Crippen molar-refractivity contribution in [2.75, 3.05) is 0 Å². The van der Waals surface area contributed by atoms with Crippen LogP contribution in [-0.2, 0) is 6.42 Å². The first-order valence-electron chi connectivity index (χ1n) is 4.66. The minimum absolute atomic E-state index is 0.138. The van der Waals surface area contributed by atoms with Crippen molar-refractivity contribution < 1.29 is 10.0 Å². The van der Waals surface area contributed by atoms with Gasteiger partial charge in [0.1, 0.15) is 5.71 Å². The number of carbonyl (C=O) groups is 1. The largest absolute Gasteiger partial charge is 0.411 e. The van der Waals surface area contributed by atoms with Gasteiger partial charge in [0.05, 0.1) is 0 Å². The summed E-state index contributed by atoms with van der Waals surface area (Å²) in [6, 6.07) is 7.49. The first-order chi connectivity index (χ1) is 6.83. The maximum absolute atomic E-state index is 11.8. The van der Waals surface area contributed by atoms with E-state index in [2.05, 4.69) is 5.16 Å². The maximum Gasteiger partial charge on any atom is 0.210 e. The zero-order valence-corrected chi connectivity index (χ0v) is 7.73. The van der Waals surface area contributed by atoms with Crippen molar-refractivity contribution in [3.8, 4) is 0 Å². The molecule has 0 heterocycles. The lowest BCUT2D eigenvalue weighted by atomic mass is 10.0. The fourth-order valence-corrected chi connectivity index (χ4v) is 1.77. The average Bonchev–Trinajstić information content (AvgIpc) is 2.39. The molecule has 0 radical (unpaired) electrons. The van der Waals surface area contributed by atoms with Gasteiger partial charge in [0.25, 0.3) is 0 Å². The van der Waals surface area contributed by atoms with Gasteiger partial charge in [0, 0.05) is 5.56 Å². The Morgan fingerprint density at radius 1 is 1.21 bits per heavy atom. The molecule has 1 aliphatic rings. The molecule has 3 nitrogen and oxygen atoms in total. The lowest BCUT2D eigenvalue weighted by Gasteiger charge is -2.01. The lowest BCUT2D eigenvalue weighted by molar-refractivity contribution is 0.106. The Morgan fingerprint density at radius 2 is 2.00 bits per heavy atom. The fraction of sp³-hybridized carbons (Fsp3) is 0.273. The number of ketones is 1. The van der Waals surface area contributed by atoms with E-state index in [0.717, 1.165) is 18.4 Å². The number of rotatable bonds is 0. The summed E-state index contributed by atoms with van der Waals surface area (Å²) in [6.45, 7) is 0. The maximum atomic E-state index is 11.8. The molecule has 0 spiro atoms. The molecule has 2 rings (SSSR count). The Bertz CT molecular complexity index is 396. The second-order valence-electron chi connectivity index (χ2n) is 3.39. The van der Waals surface area contributed by atoms with Crippen molar-refractivity contribution in [3.63, 3.8) is 0 Å². The summed E-state index contributed by atoms with van der Waals surface area (Å²) in [5.74, 6) is -0.138. The van der Waals surface area contributed by atoms with Gasteiger partial charge in [-0.3, -0.25) is 4.79 Å². The Kier molecular flexibility index (Phi) is 2.31. The first-order valence-corrected chi connectivity index (χ1v) is 4.66. The van der Waals surface area contributed by atoms with Gasteiger partial charge in [0.2, 0.25) is 5.78 Å². The summed E-state index contributed by atoms with van der Waals surface area (Å²) in [6.07, 6.45) is 2.30. The molecule has 72 valence electrons. The van der Waals surface area contributed by atoms with Gasteiger partial charge >= 0.3 is 0 Å². The zero-order chi connectivity index (χ0) is 9.97. The predicted molar refractivity (Wildman–Crippen MR) is 52.9 cm³/mol. The molecular weight excluding hydrogens is 178 g/mol. The molecule has 0 amide bonds. The van der Waals surface area contributed by atoms with Crippen LogP contribution < -0.4 is 0 Å². The third-order valence-corrected chi connectivity index (χ3v) is 2.50. The predicted octanol–water partition coefficient (Wildman–Crippen LogP) is 2.04. The monoisotopic (exact) mass is 189 g/mol. The van der Waals surface area contributed by atoms with Crippen LogP contribution >= 0.6 is 0 Å². The number of hydrogen-bond acceptors (Lipinski definition) is 3. The molecule has 0 saturated carbocycles. The van der Waals surface area contributed by atoms with Crippen molar-refractivity contribution in [1.29, 1.82) is 0 Å². The van der Waals surface area contributed by atoms with E-state index in [4.69, 9.17) is 5.21 Å². The molecule has 0 bridgehead atoms. The summed E-state index contributed by atoms with van der Waals surface area (Å²) < 4.78 is 0. The van der Waals surface area contributed by atoms with Crippen LogP contribution in [0.15, 0.2) is 29.4 Å². The van der Waals surface area contributed by atoms with E-state index in [1.165, 1.54) is 0 Å². The number of Topliss-reactive ketones (excluding diaryl/α,β-unsaturated/α-hetero) is 1. The van der Waals surface area contributed by atoms with Crippen molar-refractivity contribution in [1.82, 2.24) is 0 Å². The van der Waals surface area contributed by atoms with Crippen molar-refractivity contribution in [2.24, 2.45) is 5.16 Å². The van der Waals surface area contributed by atoms with Crippen LogP contribution in [0, 0.1) is 0 Å². The molecule has 1 N–H and O–H groups in total. The molecule has 0 saturated heterocycles. The van der Waals surface area contributed by atoms with E-state index in [1.807, 2.05) is 18.2 Å². The summed E-state index contributed by atoms with van der Waals surface area (Å²) in [5, 5.41) is 11.7. The quantitative estimate of drug-likeness (QED) is 0.385. The molecule has 3 heteroatoms. The number of benzene rings is 1. The molecule has 0 atom stereocenters. The zero-order valence-electron chi connectivity index (χ0n) is 7.73.